The minimum Gasteiger partial charge on any atom is -0.298 e. The molecule has 72 valence electrons. The van der Waals surface area contributed by atoms with Crippen LogP contribution in [0.25, 0.3) is 0 Å². The molecule has 2 heteroatoms. The summed E-state index contributed by atoms with van der Waals surface area (Å²) < 4.78 is 0. The van der Waals surface area contributed by atoms with Gasteiger partial charge in [0, 0.05) is 17.4 Å². The van der Waals surface area contributed by atoms with Gasteiger partial charge < -0.3 is 0 Å². The lowest BCUT2D eigenvalue weighted by atomic mass is 10.0. The highest BCUT2D eigenvalue weighted by Crippen LogP contribution is 2.28. The molecule has 0 radical (unpaired) electrons. The molecular weight excluding hydrogens is 214 g/mol. The summed E-state index contributed by atoms with van der Waals surface area (Å²) in [5, 5.41) is 1.12. The minimum atomic E-state index is 0.455. The van der Waals surface area contributed by atoms with Crippen molar-refractivity contribution in [2.75, 3.05) is 18.4 Å². The van der Waals surface area contributed by atoms with Crippen LogP contribution in [0, 0.1) is 5.92 Å². The maximum absolute atomic E-state index is 3.53. The highest BCUT2D eigenvalue weighted by molar-refractivity contribution is 9.09. The van der Waals surface area contributed by atoms with Gasteiger partial charge in [-0.2, -0.15) is 0 Å². The van der Waals surface area contributed by atoms with Gasteiger partial charge in [-0.1, -0.05) is 22.9 Å². The molecule has 0 aliphatic carbocycles. The average molecular weight is 234 g/mol. The molecule has 1 saturated heterocycles. The predicted octanol–water partition coefficient (Wildman–Crippen LogP) is 2.89. The van der Waals surface area contributed by atoms with Gasteiger partial charge in [0.2, 0.25) is 0 Å². The maximum Gasteiger partial charge on any atom is 0.0153 e. The lowest BCUT2D eigenvalue weighted by Gasteiger charge is -2.33. The Bertz CT molecular complexity index is 145. The Labute approximate surface area is 84.6 Å². The predicted molar refractivity (Wildman–Crippen MR) is 57.8 cm³/mol. The highest BCUT2D eigenvalue weighted by Gasteiger charge is 2.31. The van der Waals surface area contributed by atoms with Gasteiger partial charge in [-0.05, 0) is 39.2 Å². The van der Waals surface area contributed by atoms with Crippen molar-refractivity contribution >= 4 is 15.9 Å². The van der Waals surface area contributed by atoms with Gasteiger partial charge in [0.15, 0.2) is 0 Å². The van der Waals surface area contributed by atoms with Crippen LogP contribution in [0.2, 0.25) is 0 Å². The Morgan fingerprint density at radius 3 is 2.58 bits per heavy atom. The number of alkyl halides is 1. The van der Waals surface area contributed by atoms with E-state index >= 15 is 0 Å². The van der Waals surface area contributed by atoms with Crippen molar-refractivity contribution in [3.05, 3.63) is 0 Å². The number of nitrogens with zero attached hydrogens (tertiary/aromatic N) is 1. The molecule has 0 aromatic heterocycles. The highest BCUT2D eigenvalue weighted by atomic mass is 79.9. The van der Waals surface area contributed by atoms with Crippen molar-refractivity contribution < 1.29 is 0 Å². The molecule has 0 bridgehead atoms. The first kappa shape index (κ1) is 10.5. The molecule has 0 aromatic carbocycles. The molecule has 1 unspecified atom stereocenters. The quantitative estimate of drug-likeness (QED) is 0.679. The van der Waals surface area contributed by atoms with E-state index in [0.717, 1.165) is 11.2 Å². The second-order valence-electron chi connectivity index (χ2n) is 4.62. The fraction of sp³-hybridized carbons (Fsp3) is 1.00. The second kappa shape index (κ2) is 4.10. The van der Waals surface area contributed by atoms with Crippen molar-refractivity contribution in [3.63, 3.8) is 0 Å². The van der Waals surface area contributed by atoms with E-state index in [0.29, 0.717) is 5.54 Å². The smallest absolute Gasteiger partial charge is 0.0153 e. The molecular formula is C10H20BrN. The molecule has 1 heterocycles. The van der Waals surface area contributed by atoms with Gasteiger partial charge >= 0.3 is 0 Å². The van der Waals surface area contributed by atoms with E-state index in [1.165, 1.54) is 25.9 Å². The third-order valence-electron chi connectivity index (χ3n) is 2.87. The summed E-state index contributed by atoms with van der Waals surface area (Å²) in [6.07, 6.45) is 2.74. The van der Waals surface area contributed by atoms with Crippen LogP contribution < -0.4 is 0 Å². The van der Waals surface area contributed by atoms with Crippen molar-refractivity contribution in [2.24, 2.45) is 5.92 Å². The van der Waals surface area contributed by atoms with E-state index < -0.39 is 0 Å². The van der Waals surface area contributed by atoms with E-state index in [-0.39, 0.29) is 0 Å². The molecule has 0 saturated carbocycles. The zero-order chi connectivity index (χ0) is 9.19. The first-order valence-electron chi connectivity index (χ1n) is 4.87. The van der Waals surface area contributed by atoms with Gasteiger partial charge in [-0.3, -0.25) is 4.90 Å². The first-order chi connectivity index (χ1) is 5.56. The van der Waals surface area contributed by atoms with Crippen molar-refractivity contribution in [3.8, 4) is 0 Å². The molecule has 0 amide bonds. The van der Waals surface area contributed by atoms with Crippen LogP contribution in [-0.2, 0) is 0 Å². The Kier molecular flexibility index (Phi) is 3.59. The summed E-state index contributed by atoms with van der Waals surface area (Å²) in [7, 11) is 0. The largest absolute Gasteiger partial charge is 0.298 e. The van der Waals surface area contributed by atoms with Crippen LogP contribution in [0.15, 0.2) is 0 Å². The lowest BCUT2D eigenvalue weighted by Crippen LogP contribution is -2.40. The van der Waals surface area contributed by atoms with Crippen LogP contribution in [0.3, 0.4) is 0 Å². The number of likely N-dealkylation sites (tertiary alicyclic amines) is 1. The summed E-state index contributed by atoms with van der Waals surface area (Å²) >= 11 is 3.53. The molecule has 1 aliphatic heterocycles. The summed E-state index contributed by atoms with van der Waals surface area (Å²) in [6, 6.07) is 0. The van der Waals surface area contributed by atoms with Crippen LogP contribution in [-0.4, -0.2) is 28.9 Å². The molecule has 0 spiro atoms. The SMILES string of the molecule is CC(CBr)CN1CCCC1(C)C. The molecule has 12 heavy (non-hydrogen) atoms. The zero-order valence-electron chi connectivity index (χ0n) is 8.44. The summed E-state index contributed by atoms with van der Waals surface area (Å²) in [5.41, 5.74) is 0.455. The van der Waals surface area contributed by atoms with Crippen molar-refractivity contribution in [1.29, 1.82) is 0 Å². The van der Waals surface area contributed by atoms with Gasteiger partial charge in [-0.25, -0.2) is 0 Å². The average Bonchev–Trinajstić information content (AvgIpc) is 2.31. The van der Waals surface area contributed by atoms with Crippen LogP contribution in [0.4, 0.5) is 0 Å². The van der Waals surface area contributed by atoms with E-state index in [9.17, 15) is 0 Å². The fourth-order valence-electron chi connectivity index (χ4n) is 1.93. The molecule has 1 atom stereocenters. The Morgan fingerprint density at radius 2 is 2.17 bits per heavy atom. The van der Waals surface area contributed by atoms with Gasteiger partial charge in [0.1, 0.15) is 0 Å². The molecule has 0 N–H and O–H groups in total. The van der Waals surface area contributed by atoms with Crippen LogP contribution in [0.5, 0.6) is 0 Å². The third-order valence-corrected chi connectivity index (χ3v) is 3.97. The first-order valence-corrected chi connectivity index (χ1v) is 5.99. The lowest BCUT2D eigenvalue weighted by molar-refractivity contribution is 0.157. The topological polar surface area (TPSA) is 3.24 Å². The Morgan fingerprint density at radius 1 is 1.50 bits per heavy atom. The Hall–Kier alpha value is 0.440. The molecule has 1 rings (SSSR count). The van der Waals surface area contributed by atoms with Crippen molar-refractivity contribution in [1.82, 2.24) is 4.90 Å². The number of hydrogen-bond donors (Lipinski definition) is 0. The van der Waals surface area contributed by atoms with E-state index in [2.05, 4.69) is 41.6 Å². The normalized spacial score (nSPS) is 26.0. The molecule has 1 nitrogen and oxygen atoms in total. The number of halogens is 1. The maximum atomic E-state index is 3.53. The van der Waals surface area contributed by atoms with Gasteiger partial charge in [0.25, 0.3) is 0 Å². The monoisotopic (exact) mass is 233 g/mol. The molecule has 1 aliphatic rings. The van der Waals surface area contributed by atoms with E-state index in [1.807, 2.05) is 0 Å². The molecule has 1 fully saturated rings. The number of hydrogen-bond acceptors (Lipinski definition) is 1. The van der Waals surface area contributed by atoms with Gasteiger partial charge in [0.05, 0.1) is 0 Å². The fourth-order valence-corrected chi connectivity index (χ4v) is 2.13. The second-order valence-corrected chi connectivity index (χ2v) is 5.27. The minimum absolute atomic E-state index is 0.455. The molecule has 0 aromatic rings. The van der Waals surface area contributed by atoms with Gasteiger partial charge in [-0.15, -0.1) is 0 Å². The number of rotatable bonds is 3. The Balaban J connectivity index is 2.41. The van der Waals surface area contributed by atoms with Crippen molar-refractivity contribution in [2.45, 2.75) is 39.2 Å². The zero-order valence-corrected chi connectivity index (χ0v) is 10.0. The third kappa shape index (κ3) is 2.46. The van der Waals surface area contributed by atoms with E-state index in [4.69, 9.17) is 0 Å². The van der Waals surface area contributed by atoms with Crippen LogP contribution >= 0.6 is 15.9 Å². The summed E-state index contributed by atoms with van der Waals surface area (Å²) in [6.45, 7) is 9.58. The summed E-state index contributed by atoms with van der Waals surface area (Å²) in [4.78, 5) is 2.62. The standard InChI is InChI=1S/C10H20BrN/c1-9(7-11)8-12-6-4-5-10(12,2)3/h9H,4-8H2,1-3H3. The summed E-state index contributed by atoms with van der Waals surface area (Å²) in [5.74, 6) is 0.780. The van der Waals surface area contributed by atoms with E-state index in [1.54, 1.807) is 0 Å². The van der Waals surface area contributed by atoms with Crippen LogP contribution in [0.1, 0.15) is 33.6 Å².